The van der Waals surface area contributed by atoms with E-state index in [1.54, 1.807) is 4.90 Å². The predicted molar refractivity (Wildman–Crippen MR) is 67.9 cm³/mol. The summed E-state index contributed by atoms with van der Waals surface area (Å²) in [6.45, 7) is 3.95. The number of nitrogens with zero attached hydrogens (tertiary/aromatic N) is 3. The Kier molecular flexibility index (Phi) is 4.60. The normalized spacial score (nSPS) is 24.8. The average molecular weight is 271 g/mol. The third-order valence-electron chi connectivity index (χ3n) is 3.84. The number of aliphatic hydroxyl groups is 1. The molecule has 2 saturated heterocycles. The van der Waals surface area contributed by atoms with Crippen LogP contribution in [0.15, 0.2) is 0 Å². The van der Waals surface area contributed by atoms with Gasteiger partial charge in [-0.2, -0.15) is 0 Å². The molecule has 108 valence electrons. The van der Waals surface area contributed by atoms with E-state index in [0.29, 0.717) is 32.6 Å². The number of hydrogen-bond donors (Lipinski definition) is 2. The van der Waals surface area contributed by atoms with Crippen molar-refractivity contribution in [3.63, 3.8) is 0 Å². The fourth-order valence-corrected chi connectivity index (χ4v) is 2.74. The number of carbonyl (C=O) groups excluding carboxylic acids is 1. The topological polar surface area (TPSA) is 84.3 Å². The fraction of sp³-hybridized carbons (Fsp3) is 0.833. The molecule has 0 radical (unpaired) electrons. The van der Waals surface area contributed by atoms with Crippen molar-refractivity contribution in [2.24, 2.45) is 0 Å². The maximum absolute atomic E-state index is 12.3. The number of aliphatic carboxylic acids is 1. The second kappa shape index (κ2) is 6.21. The van der Waals surface area contributed by atoms with Crippen LogP contribution in [0.2, 0.25) is 0 Å². The number of piperazine rings is 1. The summed E-state index contributed by atoms with van der Waals surface area (Å²) < 4.78 is 0. The van der Waals surface area contributed by atoms with Crippen LogP contribution in [0.5, 0.6) is 0 Å². The molecular weight excluding hydrogens is 250 g/mol. The highest BCUT2D eigenvalue weighted by atomic mass is 16.4. The molecule has 0 bridgehead atoms. The standard InChI is InChI=1S/C12H21N3O4/c16-9-8-13-4-6-14(7-5-13)12(19)15-3-1-2-10(15)11(17)18/h10,16H,1-9H2,(H,17,18)/t10-/m0/s1. The Hall–Kier alpha value is -1.34. The summed E-state index contributed by atoms with van der Waals surface area (Å²) >= 11 is 0. The molecule has 2 aliphatic rings. The summed E-state index contributed by atoms with van der Waals surface area (Å²) in [7, 11) is 0. The molecule has 0 aromatic heterocycles. The molecule has 0 aromatic carbocycles. The number of amides is 2. The van der Waals surface area contributed by atoms with E-state index in [1.807, 2.05) is 0 Å². The molecule has 2 rings (SSSR count). The molecule has 2 amide bonds. The van der Waals surface area contributed by atoms with E-state index in [0.717, 1.165) is 19.5 Å². The van der Waals surface area contributed by atoms with Gasteiger partial charge in [-0.3, -0.25) is 4.90 Å². The highest BCUT2D eigenvalue weighted by molar-refractivity contribution is 5.83. The first-order valence-electron chi connectivity index (χ1n) is 6.75. The van der Waals surface area contributed by atoms with Crippen molar-refractivity contribution in [1.29, 1.82) is 0 Å². The van der Waals surface area contributed by atoms with Gasteiger partial charge < -0.3 is 20.0 Å². The SMILES string of the molecule is O=C(O)[C@@H]1CCCN1C(=O)N1CCN(CCO)CC1. The van der Waals surface area contributed by atoms with Gasteiger partial charge in [-0.1, -0.05) is 0 Å². The van der Waals surface area contributed by atoms with Crippen LogP contribution in [0.1, 0.15) is 12.8 Å². The largest absolute Gasteiger partial charge is 0.480 e. The minimum Gasteiger partial charge on any atom is -0.480 e. The van der Waals surface area contributed by atoms with Gasteiger partial charge in [-0.25, -0.2) is 9.59 Å². The number of carbonyl (C=O) groups is 2. The summed E-state index contributed by atoms with van der Waals surface area (Å²) in [5.41, 5.74) is 0. The second-order valence-corrected chi connectivity index (χ2v) is 5.02. The van der Waals surface area contributed by atoms with Crippen LogP contribution in [-0.4, -0.2) is 88.8 Å². The van der Waals surface area contributed by atoms with Crippen molar-refractivity contribution >= 4 is 12.0 Å². The van der Waals surface area contributed by atoms with Crippen LogP contribution in [-0.2, 0) is 4.79 Å². The minimum atomic E-state index is -0.912. The van der Waals surface area contributed by atoms with Gasteiger partial charge in [0.15, 0.2) is 0 Å². The van der Waals surface area contributed by atoms with Gasteiger partial charge in [-0.15, -0.1) is 0 Å². The molecule has 2 heterocycles. The maximum Gasteiger partial charge on any atom is 0.326 e. The number of β-amino-alcohol motifs (C(OH)–C–C–N with tert-alkyl or cyclic N) is 1. The van der Waals surface area contributed by atoms with E-state index in [1.165, 1.54) is 4.90 Å². The van der Waals surface area contributed by atoms with Gasteiger partial charge in [0.2, 0.25) is 0 Å². The molecule has 0 aromatic rings. The van der Waals surface area contributed by atoms with Crippen LogP contribution in [0, 0.1) is 0 Å². The number of likely N-dealkylation sites (tertiary alicyclic amines) is 1. The van der Waals surface area contributed by atoms with Crippen molar-refractivity contribution in [1.82, 2.24) is 14.7 Å². The molecule has 1 atom stereocenters. The van der Waals surface area contributed by atoms with Gasteiger partial charge in [0.05, 0.1) is 6.61 Å². The van der Waals surface area contributed by atoms with E-state index in [-0.39, 0.29) is 12.6 Å². The summed E-state index contributed by atoms with van der Waals surface area (Å²) in [6, 6.07) is -0.823. The second-order valence-electron chi connectivity index (χ2n) is 5.02. The predicted octanol–water partition coefficient (Wildman–Crippen LogP) is -0.735. The van der Waals surface area contributed by atoms with Crippen LogP contribution < -0.4 is 0 Å². The lowest BCUT2D eigenvalue weighted by Crippen LogP contribution is -2.55. The first kappa shape index (κ1) is 14.1. The van der Waals surface area contributed by atoms with Gasteiger partial charge in [-0.05, 0) is 12.8 Å². The molecule has 0 spiro atoms. The number of aliphatic hydroxyl groups excluding tert-OH is 1. The third-order valence-corrected chi connectivity index (χ3v) is 3.84. The van der Waals surface area contributed by atoms with Crippen molar-refractivity contribution < 1.29 is 19.8 Å². The molecule has 2 N–H and O–H groups in total. The van der Waals surface area contributed by atoms with Crippen LogP contribution in [0.3, 0.4) is 0 Å². The van der Waals surface area contributed by atoms with Gasteiger partial charge in [0.25, 0.3) is 0 Å². The molecule has 0 saturated carbocycles. The van der Waals surface area contributed by atoms with Crippen molar-refractivity contribution in [3.8, 4) is 0 Å². The minimum absolute atomic E-state index is 0.126. The summed E-state index contributed by atoms with van der Waals surface area (Å²) in [5, 5.41) is 18.0. The number of urea groups is 1. The Balaban J connectivity index is 1.89. The molecule has 0 aliphatic carbocycles. The Bertz CT molecular complexity index is 342. The zero-order valence-electron chi connectivity index (χ0n) is 11.0. The highest BCUT2D eigenvalue weighted by Crippen LogP contribution is 2.19. The van der Waals surface area contributed by atoms with E-state index in [4.69, 9.17) is 10.2 Å². The van der Waals surface area contributed by atoms with Crippen LogP contribution in [0.25, 0.3) is 0 Å². The van der Waals surface area contributed by atoms with Gasteiger partial charge >= 0.3 is 12.0 Å². The first-order chi connectivity index (χ1) is 9.13. The Morgan fingerprint density at radius 3 is 2.37 bits per heavy atom. The van der Waals surface area contributed by atoms with Crippen molar-refractivity contribution in [3.05, 3.63) is 0 Å². The number of carboxylic acids is 1. The van der Waals surface area contributed by atoms with E-state index in [9.17, 15) is 9.59 Å². The Morgan fingerprint density at radius 2 is 1.79 bits per heavy atom. The zero-order valence-corrected chi connectivity index (χ0v) is 11.0. The molecule has 19 heavy (non-hydrogen) atoms. The number of carboxylic acid groups (broad SMARTS) is 1. The Labute approximate surface area is 112 Å². The lowest BCUT2D eigenvalue weighted by Gasteiger charge is -2.37. The third kappa shape index (κ3) is 3.16. The fourth-order valence-electron chi connectivity index (χ4n) is 2.74. The number of hydrogen-bond acceptors (Lipinski definition) is 4. The lowest BCUT2D eigenvalue weighted by atomic mass is 10.2. The van der Waals surface area contributed by atoms with Gasteiger partial charge in [0, 0.05) is 39.3 Å². The first-order valence-corrected chi connectivity index (χ1v) is 6.75. The summed E-state index contributed by atoms with van der Waals surface area (Å²) in [4.78, 5) is 28.7. The van der Waals surface area contributed by atoms with E-state index < -0.39 is 12.0 Å². The Morgan fingerprint density at radius 1 is 1.11 bits per heavy atom. The lowest BCUT2D eigenvalue weighted by molar-refractivity contribution is -0.141. The average Bonchev–Trinajstić information content (AvgIpc) is 2.88. The smallest absolute Gasteiger partial charge is 0.326 e. The molecule has 7 nitrogen and oxygen atoms in total. The number of rotatable bonds is 3. The monoisotopic (exact) mass is 271 g/mol. The summed E-state index contributed by atoms with van der Waals surface area (Å²) in [5.74, 6) is -0.912. The van der Waals surface area contributed by atoms with E-state index >= 15 is 0 Å². The summed E-state index contributed by atoms with van der Waals surface area (Å²) in [6.07, 6.45) is 1.30. The highest BCUT2D eigenvalue weighted by Gasteiger charge is 2.36. The molecular formula is C12H21N3O4. The van der Waals surface area contributed by atoms with Crippen LogP contribution >= 0.6 is 0 Å². The van der Waals surface area contributed by atoms with E-state index in [2.05, 4.69) is 4.90 Å². The van der Waals surface area contributed by atoms with Gasteiger partial charge in [0.1, 0.15) is 6.04 Å². The molecule has 0 unspecified atom stereocenters. The van der Waals surface area contributed by atoms with Crippen molar-refractivity contribution in [2.75, 3.05) is 45.9 Å². The zero-order chi connectivity index (χ0) is 13.8. The molecule has 2 aliphatic heterocycles. The van der Waals surface area contributed by atoms with Crippen LogP contribution in [0.4, 0.5) is 4.79 Å². The molecule has 7 heteroatoms. The van der Waals surface area contributed by atoms with Crippen molar-refractivity contribution in [2.45, 2.75) is 18.9 Å². The maximum atomic E-state index is 12.3. The quantitative estimate of drug-likeness (QED) is 0.706. The molecule has 2 fully saturated rings.